The van der Waals surface area contributed by atoms with Gasteiger partial charge in [0.05, 0.1) is 0 Å². The molecule has 8 nitrogen and oxygen atoms in total. The fourth-order valence-corrected chi connectivity index (χ4v) is 7.16. The van der Waals surface area contributed by atoms with E-state index < -0.39 is 20.4 Å². The molecule has 140 valence electrons. The quantitative estimate of drug-likeness (QED) is 0.683. The summed E-state index contributed by atoms with van der Waals surface area (Å²) < 4.78 is 56.6. The van der Waals surface area contributed by atoms with Gasteiger partial charge in [-0.1, -0.05) is 6.92 Å². The lowest BCUT2D eigenvalue weighted by Gasteiger charge is -2.39. The Morgan fingerprint density at radius 1 is 0.625 bits per heavy atom. The lowest BCUT2D eigenvalue weighted by molar-refractivity contribution is 0.223. The molecule has 0 aromatic carbocycles. The minimum Gasteiger partial charge on any atom is -0.195 e. The molecule has 0 spiro atoms. The van der Waals surface area contributed by atoms with Gasteiger partial charge in [-0.2, -0.15) is 34.1 Å². The molecule has 0 aliphatic carbocycles. The first-order valence-corrected chi connectivity index (χ1v) is 11.6. The highest BCUT2D eigenvalue weighted by atomic mass is 32.2. The van der Waals surface area contributed by atoms with Crippen molar-refractivity contribution in [3.05, 3.63) is 0 Å². The van der Waals surface area contributed by atoms with Crippen LogP contribution in [-0.2, 0) is 20.4 Å². The number of piperidine rings is 1. The van der Waals surface area contributed by atoms with Crippen molar-refractivity contribution in [1.82, 2.24) is 17.2 Å². The minimum absolute atomic E-state index is 0.236. The van der Waals surface area contributed by atoms with Crippen LogP contribution < -0.4 is 0 Å². The molecule has 24 heavy (non-hydrogen) atoms. The lowest BCUT2D eigenvalue weighted by Crippen LogP contribution is -2.57. The summed E-state index contributed by atoms with van der Waals surface area (Å²) in [6.45, 7) is 5.30. The number of hydrogen-bond donors (Lipinski definition) is 0. The zero-order chi connectivity index (χ0) is 17.4. The second kappa shape index (κ2) is 7.16. The Hall–Kier alpha value is -0.260. The van der Waals surface area contributed by atoms with Crippen molar-refractivity contribution in [1.29, 1.82) is 0 Å². The summed E-state index contributed by atoms with van der Waals surface area (Å²) in [5, 5.41) is 0. The van der Waals surface area contributed by atoms with Crippen LogP contribution in [0.15, 0.2) is 0 Å². The van der Waals surface area contributed by atoms with Crippen LogP contribution in [0.5, 0.6) is 0 Å². The second-order valence-electron chi connectivity index (χ2n) is 7.03. The van der Waals surface area contributed by atoms with Gasteiger partial charge in [-0.05, 0) is 31.6 Å². The Labute approximate surface area is 145 Å². The van der Waals surface area contributed by atoms with E-state index in [1.165, 1.54) is 12.9 Å². The molecule has 0 aromatic heterocycles. The van der Waals surface area contributed by atoms with E-state index in [9.17, 15) is 16.8 Å². The van der Waals surface area contributed by atoms with Crippen LogP contribution in [-0.4, -0.2) is 86.4 Å². The molecule has 1 unspecified atom stereocenters. The zero-order valence-corrected chi connectivity index (χ0v) is 15.9. The minimum atomic E-state index is -3.47. The first kappa shape index (κ1) is 18.5. The maximum Gasteiger partial charge on any atom is 0.282 e. The molecule has 3 heterocycles. The average Bonchev–Trinajstić information content (AvgIpc) is 3.10. The lowest BCUT2D eigenvalue weighted by atomic mass is 10.0. The van der Waals surface area contributed by atoms with E-state index in [0.717, 1.165) is 25.7 Å². The van der Waals surface area contributed by atoms with E-state index in [4.69, 9.17) is 0 Å². The van der Waals surface area contributed by atoms with Gasteiger partial charge in [0.25, 0.3) is 20.4 Å². The van der Waals surface area contributed by atoms with Crippen molar-refractivity contribution in [2.75, 3.05) is 52.4 Å². The Morgan fingerprint density at radius 2 is 1.04 bits per heavy atom. The van der Waals surface area contributed by atoms with E-state index in [1.54, 1.807) is 4.31 Å². The fraction of sp³-hybridized carbons (Fsp3) is 1.00. The van der Waals surface area contributed by atoms with Crippen molar-refractivity contribution in [2.45, 2.75) is 32.6 Å². The van der Waals surface area contributed by atoms with Crippen molar-refractivity contribution in [2.24, 2.45) is 5.92 Å². The van der Waals surface area contributed by atoms with Crippen LogP contribution in [0.3, 0.4) is 0 Å². The van der Waals surface area contributed by atoms with E-state index in [2.05, 4.69) is 6.92 Å². The summed E-state index contributed by atoms with van der Waals surface area (Å²) in [5.41, 5.74) is 0. The van der Waals surface area contributed by atoms with Gasteiger partial charge in [0.15, 0.2) is 0 Å². The summed E-state index contributed by atoms with van der Waals surface area (Å²) >= 11 is 0. The highest BCUT2D eigenvalue weighted by Gasteiger charge is 2.38. The van der Waals surface area contributed by atoms with E-state index in [-0.39, 0.29) is 26.2 Å². The Morgan fingerprint density at radius 3 is 1.54 bits per heavy atom. The molecule has 3 aliphatic heterocycles. The van der Waals surface area contributed by atoms with Crippen LogP contribution in [0.1, 0.15) is 32.6 Å². The first-order chi connectivity index (χ1) is 11.3. The van der Waals surface area contributed by atoms with E-state index in [1.807, 2.05) is 0 Å². The van der Waals surface area contributed by atoms with Crippen LogP contribution in [0, 0.1) is 5.92 Å². The summed E-state index contributed by atoms with van der Waals surface area (Å²) in [6, 6.07) is 0. The number of piperazine rings is 1. The average molecular weight is 381 g/mol. The molecule has 0 N–H and O–H groups in total. The van der Waals surface area contributed by atoms with Gasteiger partial charge in [-0.3, -0.25) is 0 Å². The molecule has 0 amide bonds. The number of rotatable bonds is 4. The van der Waals surface area contributed by atoms with Crippen LogP contribution in [0.25, 0.3) is 0 Å². The molecule has 3 fully saturated rings. The molecule has 0 bridgehead atoms. The summed E-state index contributed by atoms with van der Waals surface area (Å²) in [4.78, 5) is 0. The molecular weight excluding hydrogens is 352 g/mol. The number of hydrogen-bond acceptors (Lipinski definition) is 4. The zero-order valence-electron chi connectivity index (χ0n) is 14.3. The highest BCUT2D eigenvalue weighted by Crippen LogP contribution is 2.23. The van der Waals surface area contributed by atoms with Gasteiger partial charge in [0.2, 0.25) is 0 Å². The maximum absolute atomic E-state index is 12.8. The van der Waals surface area contributed by atoms with Crippen molar-refractivity contribution in [3.8, 4) is 0 Å². The summed E-state index contributed by atoms with van der Waals surface area (Å²) in [5.74, 6) is 0.380. The summed E-state index contributed by atoms with van der Waals surface area (Å²) in [6.07, 6.45) is 3.76. The van der Waals surface area contributed by atoms with Crippen LogP contribution in [0.2, 0.25) is 0 Å². The second-order valence-corrected chi connectivity index (χ2v) is 10.9. The standard InChI is InChI=1S/C14H28N4O4S2/c1-14-5-4-8-18(13-14)24(21,22)17-11-9-16(10-12-17)23(19,20)15-6-2-3-7-15/h14H,2-13H2,1H3. The Kier molecular flexibility index (Phi) is 5.53. The fourth-order valence-electron chi connectivity index (χ4n) is 3.73. The molecule has 3 rings (SSSR count). The normalized spacial score (nSPS) is 30.0. The highest BCUT2D eigenvalue weighted by molar-refractivity contribution is 7.87. The third-order valence-corrected chi connectivity index (χ3v) is 9.22. The van der Waals surface area contributed by atoms with Gasteiger partial charge in [-0.15, -0.1) is 0 Å². The predicted molar refractivity (Wildman–Crippen MR) is 91.8 cm³/mol. The summed E-state index contributed by atoms with van der Waals surface area (Å²) in [7, 11) is -6.91. The molecule has 1 atom stereocenters. The van der Waals surface area contributed by atoms with Crippen molar-refractivity contribution < 1.29 is 16.8 Å². The maximum atomic E-state index is 12.8. The van der Waals surface area contributed by atoms with Crippen LogP contribution >= 0.6 is 0 Å². The third-order valence-electron chi connectivity index (χ3n) is 5.19. The molecule has 0 aromatic rings. The van der Waals surface area contributed by atoms with Gasteiger partial charge in [0, 0.05) is 52.4 Å². The number of nitrogens with zero attached hydrogens (tertiary/aromatic N) is 4. The van der Waals surface area contributed by atoms with Crippen LogP contribution in [0.4, 0.5) is 0 Å². The Balaban J connectivity index is 1.62. The third kappa shape index (κ3) is 3.63. The van der Waals surface area contributed by atoms with E-state index in [0.29, 0.717) is 32.1 Å². The SMILES string of the molecule is CC1CCCN(S(=O)(=O)N2CCN(S(=O)(=O)N3CCCC3)CC2)C1. The van der Waals surface area contributed by atoms with E-state index >= 15 is 0 Å². The topological polar surface area (TPSA) is 81.2 Å². The molecule has 3 saturated heterocycles. The largest absolute Gasteiger partial charge is 0.282 e. The predicted octanol–water partition coefficient (Wildman–Crippen LogP) is -0.0787. The van der Waals surface area contributed by atoms with Gasteiger partial charge in [-0.25, -0.2) is 0 Å². The smallest absolute Gasteiger partial charge is 0.195 e. The van der Waals surface area contributed by atoms with Gasteiger partial charge < -0.3 is 0 Å². The molecular formula is C14H28N4O4S2. The van der Waals surface area contributed by atoms with Crippen molar-refractivity contribution in [3.63, 3.8) is 0 Å². The van der Waals surface area contributed by atoms with Gasteiger partial charge in [0.1, 0.15) is 0 Å². The van der Waals surface area contributed by atoms with Crippen molar-refractivity contribution >= 4 is 20.4 Å². The first-order valence-electron chi connectivity index (χ1n) is 8.82. The Bertz CT molecular complexity index is 638. The molecule has 0 radical (unpaired) electrons. The molecule has 10 heteroatoms. The molecule has 3 aliphatic rings. The van der Waals surface area contributed by atoms with Gasteiger partial charge >= 0.3 is 0 Å². The monoisotopic (exact) mass is 380 g/mol. The molecule has 0 saturated carbocycles.